The maximum absolute atomic E-state index is 12.5. The van der Waals surface area contributed by atoms with Gasteiger partial charge in [0.15, 0.2) is 0 Å². The summed E-state index contributed by atoms with van der Waals surface area (Å²) in [4.78, 5) is 0. The van der Waals surface area contributed by atoms with E-state index in [1.165, 1.54) is 0 Å². The zero-order chi connectivity index (χ0) is 13.6. The lowest BCUT2D eigenvalue weighted by Crippen LogP contribution is -2.50. The van der Waals surface area contributed by atoms with Gasteiger partial charge in [-0.15, -0.1) is 0 Å². The van der Waals surface area contributed by atoms with Gasteiger partial charge in [-0.1, -0.05) is 6.42 Å². The maximum Gasteiger partial charge on any atom is 0.350 e. The first-order chi connectivity index (χ1) is 8.50. The molecule has 18 heavy (non-hydrogen) atoms. The minimum Gasteiger partial charge on any atom is -0.383 e. The van der Waals surface area contributed by atoms with E-state index in [0.29, 0.717) is 32.5 Å². The quantitative estimate of drug-likeness (QED) is 0.697. The Morgan fingerprint density at radius 1 is 1.44 bits per heavy atom. The Morgan fingerprint density at radius 3 is 2.78 bits per heavy atom. The highest BCUT2D eigenvalue weighted by Gasteiger charge is 2.37. The van der Waals surface area contributed by atoms with Crippen LogP contribution >= 0.6 is 0 Å². The molecule has 1 saturated heterocycles. The van der Waals surface area contributed by atoms with Crippen molar-refractivity contribution < 1.29 is 21.9 Å². The predicted molar refractivity (Wildman–Crippen MR) is 64.0 cm³/mol. The van der Waals surface area contributed by atoms with Crippen molar-refractivity contribution in [2.24, 2.45) is 0 Å². The molecule has 0 aromatic carbocycles. The van der Waals surface area contributed by atoms with Gasteiger partial charge in [-0.05, 0) is 12.8 Å². The molecule has 1 unspecified atom stereocenters. The maximum atomic E-state index is 12.5. The van der Waals surface area contributed by atoms with E-state index in [1.807, 2.05) is 0 Å². The summed E-state index contributed by atoms with van der Waals surface area (Å²) < 4.78 is 53.9. The van der Waals surface area contributed by atoms with E-state index in [1.54, 1.807) is 7.11 Å². The average molecular weight is 286 g/mol. The first-order valence-corrected chi connectivity index (χ1v) is 7.49. The van der Waals surface area contributed by atoms with Crippen LogP contribution in [0.3, 0.4) is 0 Å². The fourth-order valence-electron chi connectivity index (χ4n) is 2.06. The third-order valence-corrected chi connectivity index (χ3v) is 4.57. The van der Waals surface area contributed by atoms with E-state index in [9.17, 15) is 17.2 Å². The van der Waals surface area contributed by atoms with Gasteiger partial charge in [0.2, 0.25) is 0 Å². The number of methoxy groups -OCH3 is 1. The van der Waals surface area contributed by atoms with Crippen molar-refractivity contribution in [1.29, 1.82) is 0 Å². The Morgan fingerprint density at radius 2 is 2.17 bits per heavy atom. The number of piperidine rings is 1. The molecule has 0 spiro atoms. The van der Waals surface area contributed by atoms with Gasteiger partial charge in [0.1, 0.15) is 0 Å². The molecule has 1 heterocycles. The monoisotopic (exact) mass is 286 g/mol. The van der Waals surface area contributed by atoms with Crippen LogP contribution in [0.2, 0.25) is 0 Å². The van der Waals surface area contributed by atoms with Crippen LogP contribution in [0.5, 0.6) is 0 Å². The zero-order valence-corrected chi connectivity index (χ0v) is 11.3. The molecule has 8 heteroatoms. The number of hydrogen-bond donors (Lipinski definition) is 1. The fourth-order valence-corrected chi connectivity index (χ4v) is 3.24. The van der Waals surface area contributed by atoms with Crippen molar-refractivity contribution in [3.05, 3.63) is 0 Å². The molecule has 1 N–H and O–H groups in total. The molecule has 1 atom stereocenters. The molecule has 1 fully saturated rings. The average Bonchev–Trinajstić information content (AvgIpc) is 2.35. The van der Waals surface area contributed by atoms with Crippen molar-refractivity contribution in [1.82, 2.24) is 9.62 Å². The summed E-state index contributed by atoms with van der Waals surface area (Å²) in [6.07, 6.45) is 2.12. The molecule has 0 aliphatic carbocycles. The lowest BCUT2D eigenvalue weighted by atomic mass is 10.1. The Balaban J connectivity index is 2.57. The first-order valence-electron chi connectivity index (χ1n) is 5.98. The Hall–Kier alpha value is -0.310. The lowest BCUT2D eigenvalue weighted by molar-refractivity contribution is 0.180. The van der Waals surface area contributed by atoms with Gasteiger partial charge in [-0.2, -0.15) is 13.1 Å². The van der Waals surface area contributed by atoms with Crippen molar-refractivity contribution >= 4 is 10.0 Å². The van der Waals surface area contributed by atoms with Gasteiger partial charge in [0.25, 0.3) is 10.0 Å². The number of alkyl halides is 2. The summed E-state index contributed by atoms with van der Waals surface area (Å²) in [6.45, 7) is 1.66. The highest BCUT2D eigenvalue weighted by atomic mass is 32.2. The molecule has 5 nitrogen and oxygen atoms in total. The van der Waals surface area contributed by atoms with E-state index in [4.69, 9.17) is 4.74 Å². The number of nitrogens with one attached hydrogen (secondary N) is 1. The van der Waals surface area contributed by atoms with Crippen LogP contribution in [0.25, 0.3) is 0 Å². The fraction of sp³-hybridized carbons (Fsp3) is 1.00. The number of hydrogen-bond acceptors (Lipinski definition) is 4. The lowest BCUT2D eigenvalue weighted by Gasteiger charge is -2.34. The molecule has 0 saturated carbocycles. The van der Waals surface area contributed by atoms with E-state index in [0.717, 1.165) is 10.7 Å². The molecule has 0 aromatic heterocycles. The summed E-state index contributed by atoms with van der Waals surface area (Å²) in [6, 6.07) is -0.380. The van der Waals surface area contributed by atoms with Gasteiger partial charge in [0.05, 0.1) is 6.61 Å². The topological polar surface area (TPSA) is 58.6 Å². The second-order valence-corrected chi connectivity index (χ2v) is 6.12. The molecule has 1 rings (SSSR count). The summed E-state index contributed by atoms with van der Waals surface area (Å²) in [5.41, 5.74) is 0. The minimum absolute atomic E-state index is 0.184. The minimum atomic E-state index is -4.46. The SMILES string of the molecule is COCCNCC1CCCCN1S(=O)(=O)C(F)F. The Labute approximate surface area is 107 Å². The van der Waals surface area contributed by atoms with Gasteiger partial charge in [0, 0.05) is 32.8 Å². The normalized spacial score (nSPS) is 22.6. The summed E-state index contributed by atoms with van der Waals surface area (Å²) in [5, 5.41) is 3.02. The number of nitrogens with zero attached hydrogens (tertiary/aromatic N) is 1. The van der Waals surface area contributed by atoms with Crippen LogP contribution < -0.4 is 5.32 Å². The third kappa shape index (κ3) is 4.11. The standard InChI is InChI=1S/C10H20F2N2O3S/c1-17-7-5-13-8-9-4-2-3-6-14(9)18(15,16)10(11)12/h9-10,13H,2-8H2,1H3. The molecule has 1 aliphatic rings. The van der Waals surface area contributed by atoms with Crippen LogP contribution in [0.4, 0.5) is 8.78 Å². The van der Waals surface area contributed by atoms with Crippen molar-refractivity contribution in [3.8, 4) is 0 Å². The third-order valence-electron chi connectivity index (χ3n) is 2.99. The van der Waals surface area contributed by atoms with Crippen molar-refractivity contribution in [2.75, 3.05) is 33.4 Å². The van der Waals surface area contributed by atoms with Gasteiger partial charge >= 0.3 is 5.76 Å². The summed E-state index contributed by atoms with van der Waals surface area (Å²) in [5.74, 6) is -3.34. The number of ether oxygens (including phenoxy) is 1. The Bertz CT molecular complexity index is 338. The zero-order valence-electron chi connectivity index (χ0n) is 10.4. The van der Waals surface area contributed by atoms with Crippen LogP contribution in [0.15, 0.2) is 0 Å². The molecule has 1 aliphatic heterocycles. The number of rotatable bonds is 7. The van der Waals surface area contributed by atoms with Crippen molar-refractivity contribution in [3.63, 3.8) is 0 Å². The largest absolute Gasteiger partial charge is 0.383 e. The predicted octanol–water partition coefficient (Wildman–Crippen LogP) is 0.629. The van der Waals surface area contributed by atoms with E-state index < -0.39 is 15.8 Å². The molecule has 0 aromatic rings. The smallest absolute Gasteiger partial charge is 0.350 e. The molecule has 0 bridgehead atoms. The van der Waals surface area contributed by atoms with Gasteiger partial charge in [-0.3, -0.25) is 0 Å². The van der Waals surface area contributed by atoms with Crippen LogP contribution in [0, 0.1) is 0 Å². The molecule has 0 amide bonds. The van der Waals surface area contributed by atoms with Crippen molar-refractivity contribution in [2.45, 2.75) is 31.1 Å². The number of sulfonamides is 1. The van der Waals surface area contributed by atoms with Crippen LogP contribution in [-0.4, -0.2) is 57.9 Å². The molecular formula is C10H20F2N2O3S. The summed E-state index contributed by atoms with van der Waals surface area (Å²) >= 11 is 0. The number of halogens is 2. The molecule has 108 valence electrons. The second-order valence-electron chi connectivity index (χ2n) is 4.26. The van der Waals surface area contributed by atoms with Gasteiger partial charge < -0.3 is 10.1 Å². The second kappa shape index (κ2) is 7.32. The Kier molecular flexibility index (Phi) is 6.40. The van der Waals surface area contributed by atoms with E-state index in [-0.39, 0.29) is 12.6 Å². The first kappa shape index (κ1) is 15.7. The molecular weight excluding hydrogens is 266 g/mol. The highest BCUT2D eigenvalue weighted by molar-refractivity contribution is 7.89. The van der Waals surface area contributed by atoms with E-state index in [2.05, 4.69) is 5.32 Å². The summed E-state index contributed by atoms with van der Waals surface area (Å²) in [7, 11) is -2.90. The molecule has 0 radical (unpaired) electrons. The van der Waals surface area contributed by atoms with E-state index >= 15 is 0 Å². The van der Waals surface area contributed by atoms with Crippen LogP contribution in [-0.2, 0) is 14.8 Å². The van der Waals surface area contributed by atoms with Crippen LogP contribution in [0.1, 0.15) is 19.3 Å². The van der Waals surface area contributed by atoms with Gasteiger partial charge in [-0.25, -0.2) is 8.42 Å². The highest BCUT2D eigenvalue weighted by Crippen LogP contribution is 2.23.